The summed E-state index contributed by atoms with van der Waals surface area (Å²) in [5.74, 6) is 1.91. The molecule has 3 aromatic heterocycles. The van der Waals surface area contributed by atoms with Crippen LogP contribution in [-0.4, -0.2) is 46.4 Å². The number of aromatic nitrogens is 3. The summed E-state index contributed by atoms with van der Waals surface area (Å²) in [6.45, 7) is 6.46. The first-order valence-corrected chi connectivity index (χ1v) is 8.68. The van der Waals surface area contributed by atoms with Crippen LogP contribution in [-0.2, 0) is 4.74 Å². The number of fused-ring (bicyclic) bond motifs is 1. The van der Waals surface area contributed by atoms with Gasteiger partial charge >= 0.3 is 0 Å². The van der Waals surface area contributed by atoms with Crippen LogP contribution < -0.4 is 10.6 Å². The smallest absolute Gasteiger partial charge is 0.163 e. The van der Waals surface area contributed by atoms with Gasteiger partial charge in [-0.25, -0.2) is 15.0 Å². The predicted octanol–water partition coefficient (Wildman–Crippen LogP) is 2.70. The minimum atomic E-state index is 0.0339. The molecule has 3 aromatic rings. The van der Waals surface area contributed by atoms with E-state index >= 15 is 0 Å². The molecule has 0 aromatic carbocycles. The first-order valence-electron chi connectivity index (χ1n) is 7.86. The standard InChI is InChI=1S/C17H17N5O2S/c1-10(23)13-8-12-15(25-13)17(22-4-6-24-7-5-22)21-16(20-12)11-2-3-14(18)19-9-11/h2-3,8-9,23H,1,4-7H2,(H2,18,19). The number of pyridine rings is 1. The number of ether oxygens (including phenoxy) is 1. The summed E-state index contributed by atoms with van der Waals surface area (Å²) in [7, 11) is 0. The Hall–Kier alpha value is -2.71. The Morgan fingerprint density at radius 3 is 2.76 bits per heavy atom. The average molecular weight is 355 g/mol. The van der Waals surface area contributed by atoms with Crippen LogP contribution in [0.2, 0.25) is 0 Å². The first-order chi connectivity index (χ1) is 12.1. The third-order valence-electron chi connectivity index (χ3n) is 3.99. The van der Waals surface area contributed by atoms with Crippen molar-refractivity contribution < 1.29 is 9.84 Å². The second kappa shape index (κ2) is 6.30. The molecule has 4 heterocycles. The summed E-state index contributed by atoms with van der Waals surface area (Å²) in [6, 6.07) is 5.42. The summed E-state index contributed by atoms with van der Waals surface area (Å²) >= 11 is 1.44. The van der Waals surface area contributed by atoms with Crippen molar-refractivity contribution >= 4 is 38.9 Å². The van der Waals surface area contributed by atoms with Crippen LogP contribution in [0.4, 0.5) is 11.6 Å². The van der Waals surface area contributed by atoms with E-state index < -0.39 is 0 Å². The minimum Gasteiger partial charge on any atom is -0.507 e. The molecule has 0 bridgehead atoms. The second-order valence-electron chi connectivity index (χ2n) is 5.71. The topological polar surface area (TPSA) is 97.4 Å². The van der Waals surface area contributed by atoms with E-state index in [-0.39, 0.29) is 5.76 Å². The molecule has 3 N–H and O–H groups in total. The van der Waals surface area contributed by atoms with Gasteiger partial charge in [0, 0.05) is 24.8 Å². The molecule has 0 atom stereocenters. The van der Waals surface area contributed by atoms with Gasteiger partial charge in [0.1, 0.15) is 11.6 Å². The highest BCUT2D eigenvalue weighted by atomic mass is 32.1. The van der Waals surface area contributed by atoms with Crippen LogP contribution in [0.5, 0.6) is 0 Å². The van der Waals surface area contributed by atoms with Gasteiger partial charge in [-0.2, -0.15) is 0 Å². The Balaban J connectivity index is 1.89. The number of nitrogens with two attached hydrogens (primary N) is 1. The zero-order chi connectivity index (χ0) is 17.4. The number of rotatable bonds is 3. The van der Waals surface area contributed by atoms with Gasteiger partial charge in [0.05, 0.1) is 28.3 Å². The Morgan fingerprint density at radius 1 is 1.28 bits per heavy atom. The molecule has 4 rings (SSSR count). The fraction of sp³-hybridized carbons (Fsp3) is 0.235. The van der Waals surface area contributed by atoms with E-state index in [1.165, 1.54) is 11.3 Å². The van der Waals surface area contributed by atoms with Crippen molar-refractivity contribution in [3.05, 3.63) is 35.9 Å². The molecule has 0 unspecified atom stereocenters. The maximum Gasteiger partial charge on any atom is 0.163 e. The predicted molar refractivity (Wildman–Crippen MR) is 99.8 cm³/mol. The second-order valence-corrected chi connectivity index (χ2v) is 6.77. The molecule has 128 valence electrons. The van der Waals surface area contributed by atoms with Gasteiger partial charge in [-0.3, -0.25) is 0 Å². The quantitative estimate of drug-likeness (QED) is 0.697. The molecule has 8 heteroatoms. The fourth-order valence-corrected chi connectivity index (χ4v) is 3.70. The van der Waals surface area contributed by atoms with Gasteiger partial charge in [0.15, 0.2) is 11.6 Å². The normalized spacial score (nSPS) is 14.8. The zero-order valence-corrected chi connectivity index (χ0v) is 14.3. The first kappa shape index (κ1) is 15.8. The van der Waals surface area contributed by atoms with E-state index in [1.54, 1.807) is 12.3 Å². The number of nitrogen functional groups attached to an aromatic ring is 1. The summed E-state index contributed by atoms with van der Waals surface area (Å²) < 4.78 is 6.37. The van der Waals surface area contributed by atoms with Crippen molar-refractivity contribution in [3.63, 3.8) is 0 Å². The minimum absolute atomic E-state index is 0.0339. The number of anilines is 2. The van der Waals surface area contributed by atoms with Crippen molar-refractivity contribution in [2.75, 3.05) is 36.9 Å². The Morgan fingerprint density at radius 2 is 2.08 bits per heavy atom. The van der Waals surface area contributed by atoms with Gasteiger partial charge in [-0.05, 0) is 18.2 Å². The zero-order valence-electron chi connectivity index (χ0n) is 13.5. The molecule has 1 aliphatic rings. The fourth-order valence-electron chi connectivity index (χ4n) is 2.71. The number of morpholine rings is 1. The van der Waals surface area contributed by atoms with Gasteiger partial charge in [0.25, 0.3) is 0 Å². The number of aliphatic hydroxyl groups is 1. The molecule has 0 spiro atoms. The number of hydrogen-bond donors (Lipinski definition) is 2. The Labute approximate surface area is 148 Å². The van der Waals surface area contributed by atoms with Gasteiger partial charge < -0.3 is 20.5 Å². The molecule has 0 saturated carbocycles. The van der Waals surface area contributed by atoms with Crippen LogP contribution in [0.15, 0.2) is 31.0 Å². The SMILES string of the molecule is C=C(O)c1cc2nc(-c3ccc(N)nc3)nc(N3CCOCC3)c2s1. The van der Waals surface area contributed by atoms with E-state index in [4.69, 9.17) is 15.5 Å². The van der Waals surface area contributed by atoms with Gasteiger partial charge in [0.2, 0.25) is 0 Å². The monoisotopic (exact) mass is 355 g/mol. The molecule has 1 saturated heterocycles. The third-order valence-corrected chi connectivity index (χ3v) is 5.16. The largest absolute Gasteiger partial charge is 0.507 e. The molecule has 1 fully saturated rings. The number of nitrogens with zero attached hydrogens (tertiary/aromatic N) is 4. The maximum atomic E-state index is 9.75. The number of thiophene rings is 1. The summed E-state index contributed by atoms with van der Waals surface area (Å²) in [5.41, 5.74) is 7.24. The van der Waals surface area contributed by atoms with Crippen molar-refractivity contribution in [2.45, 2.75) is 0 Å². The number of hydrogen-bond acceptors (Lipinski definition) is 8. The van der Waals surface area contributed by atoms with E-state index in [2.05, 4.69) is 21.4 Å². The van der Waals surface area contributed by atoms with E-state index in [0.29, 0.717) is 29.7 Å². The highest BCUT2D eigenvalue weighted by molar-refractivity contribution is 7.20. The maximum absolute atomic E-state index is 9.75. The van der Waals surface area contributed by atoms with Crippen LogP contribution in [0, 0.1) is 0 Å². The molecule has 1 aliphatic heterocycles. The highest BCUT2D eigenvalue weighted by Gasteiger charge is 2.20. The molecule has 0 radical (unpaired) electrons. The van der Waals surface area contributed by atoms with Crippen molar-refractivity contribution in [1.29, 1.82) is 0 Å². The van der Waals surface area contributed by atoms with Crippen molar-refractivity contribution in [3.8, 4) is 11.4 Å². The molecule has 0 aliphatic carbocycles. The third kappa shape index (κ3) is 3.01. The average Bonchev–Trinajstić information content (AvgIpc) is 3.07. The molecular formula is C17H17N5O2S. The van der Waals surface area contributed by atoms with Crippen LogP contribution in [0.1, 0.15) is 4.88 Å². The molecule has 7 nitrogen and oxygen atoms in total. The molecule has 25 heavy (non-hydrogen) atoms. The Bertz CT molecular complexity index is 932. The van der Waals surface area contributed by atoms with E-state index in [1.807, 2.05) is 12.1 Å². The van der Waals surface area contributed by atoms with Crippen molar-refractivity contribution in [1.82, 2.24) is 15.0 Å². The number of aliphatic hydroxyl groups excluding tert-OH is 1. The van der Waals surface area contributed by atoms with Crippen molar-refractivity contribution in [2.24, 2.45) is 0 Å². The summed E-state index contributed by atoms with van der Waals surface area (Å²) in [5, 5.41) is 9.75. The molecule has 0 amide bonds. The molecular weight excluding hydrogens is 338 g/mol. The summed E-state index contributed by atoms with van der Waals surface area (Å²) in [6.07, 6.45) is 1.66. The van der Waals surface area contributed by atoms with Crippen LogP contribution in [0.3, 0.4) is 0 Å². The van der Waals surface area contributed by atoms with Crippen LogP contribution in [0.25, 0.3) is 27.4 Å². The van der Waals surface area contributed by atoms with Gasteiger partial charge in [-0.15, -0.1) is 11.3 Å². The lowest BCUT2D eigenvalue weighted by Crippen LogP contribution is -2.36. The lowest BCUT2D eigenvalue weighted by atomic mass is 10.2. The van der Waals surface area contributed by atoms with Crippen LogP contribution >= 0.6 is 11.3 Å². The lowest BCUT2D eigenvalue weighted by Gasteiger charge is -2.28. The Kier molecular flexibility index (Phi) is 3.98. The highest BCUT2D eigenvalue weighted by Crippen LogP contribution is 2.36. The van der Waals surface area contributed by atoms with Gasteiger partial charge in [-0.1, -0.05) is 6.58 Å². The van der Waals surface area contributed by atoms with E-state index in [9.17, 15) is 5.11 Å². The van der Waals surface area contributed by atoms with E-state index in [0.717, 1.165) is 34.7 Å². The summed E-state index contributed by atoms with van der Waals surface area (Å²) in [4.78, 5) is 16.4. The lowest BCUT2D eigenvalue weighted by molar-refractivity contribution is 0.122.